The van der Waals surface area contributed by atoms with Crippen LogP contribution in [0.5, 0.6) is 0 Å². The number of aryl methyl sites for hydroxylation is 1. The van der Waals surface area contributed by atoms with Crippen molar-refractivity contribution in [2.45, 2.75) is 21.9 Å². The normalized spacial score (nSPS) is 11.5. The molecule has 9 heteroatoms. The summed E-state index contributed by atoms with van der Waals surface area (Å²) >= 11 is 6.73. The van der Waals surface area contributed by atoms with E-state index in [1.54, 1.807) is 12.1 Å². The molecule has 6 nitrogen and oxygen atoms in total. The fourth-order valence-electron chi connectivity index (χ4n) is 2.23. The van der Waals surface area contributed by atoms with Crippen LogP contribution >= 0.6 is 23.4 Å². The Bertz CT molecular complexity index is 1080. The molecule has 0 aliphatic carbocycles. The first-order valence-electron chi connectivity index (χ1n) is 7.77. The average molecular weight is 423 g/mol. The number of sulfone groups is 1. The van der Waals surface area contributed by atoms with Crippen molar-refractivity contribution in [1.29, 1.82) is 0 Å². The van der Waals surface area contributed by atoms with Gasteiger partial charge in [0.25, 0.3) is 0 Å². The number of carbonyl (C=O) groups is 1. The van der Waals surface area contributed by atoms with E-state index < -0.39 is 15.7 Å². The van der Waals surface area contributed by atoms with Gasteiger partial charge in [-0.05, 0) is 43.3 Å². The highest BCUT2D eigenvalue weighted by Gasteiger charge is 2.29. The van der Waals surface area contributed by atoms with Crippen molar-refractivity contribution >= 4 is 39.1 Å². The van der Waals surface area contributed by atoms with Gasteiger partial charge in [-0.1, -0.05) is 41.1 Å². The average Bonchev–Trinajstić information content (AvgIpc) is 3.06. The van der Waals surface area contributed by atoms with Crippen molar-refractivity contribution in [2.75, 3.05) is 5.75 Å². The second kappa shape index (κ2) is 7.75. The topological polar surface area (TPSA) is 103 Å². The van der Waals surface area contributed by atoms with Gasteiger partial charge in [0.05, 0.1) is 10.6 Å². The molecular weight excluding hydrogens is 408 g/mol. The highest BCUT2D eigenvalue weighted by Crippen LogP contribution is 2.35. The molecule has 0 bridgehead atoms. The van der Waals surface area contributed by atoms with Crippen LogP contribution in [-0.2, 0) is 14.6 Å². The molecule has 1 amide bonds. The third-order valence-electron chi connectivity index (χ3n) is 3.59. The summed E-state index contributed by atoms with van der Waals surface area (Å²) in [4.78, 5) is 15.4. The highest BCUT2D eigenvalue weighted by molar-refractivity contribution is 8.00. The van der Waals surface area contributed by atoms with Gasteiger partial charge in [0.2, 0.25) is 31.8 Å². The molecule has 0 atom stereocenters. The maximum atomic E-state index is 13.0. The first kappa shape index (κ1) is 19.5. The number of amides is 1. The van der Waals surface area contributed by atoms with Crippen molar-refractivity contribution in [3.63, 3.8) is 0 Å². The molecule has 1 heterocycles. The minimum atomic E-state index is -3.97. The van der Waals surface area contributed by atoms with Gasteiger partial charge >= 0.3 is 0 Å². The summed E-state index contributed by atoms with van der Waals surface area (Å²) in [5.74, 6) is -0.580. The maximum Gasteiger partial charge on any atom is 0.228 e. The summed E-state index contributed by atoms with van der Waals surface area (Å²) in [6, 6.07) is 13.0. The van der Waals surface area contributed by atoms with Gasteiger partial charge in [-0.25, -0.2) is 8.42 Å². The molecule has 0 aliphatic heterocycles. The number of hydrogen-bond donors (Lipinski definition) is 1. The minimum Gasteiger partial charge on any atom is -0.428 e. The minimum absolute atomic E-state index is 0.0133. The van der Waals surface area contributed by atoms with Crippen molar-refractivity contribution in [3.05, 3.63) is 59.1 Å². The van der Waals surface area contributed by atoms with Gasteiger partial charge in [0.1, 0.15) is 0 Å². The molecule has 0 aliphatic rings. The van der Waals surface area contributed by atoms with E-state index in [1.807, 2.05) is 19.1 Å². The van der Waals surface area contributed by atoms with Crippen LogP contribution in [0.3, 0.4) is 0 Å². The van der Waals surface area contributed by atoms with Gasteiger partial charge in [0, 0.05) is 10.6 Å². The first-order chi connectivity index (χ1) is 12.8. The molecule has 0 unspecified atom stereocenters. The number of rotatable bonds is 6. The molecule has 2 aromatic carbocycles. The van der Waals surface area contributed by atoms with Crippen LogP contribution in [0, 0.1) is 6.92 Å². The molecule has 0 radical (unpaired) electrons. The van der Waals surface area contributed by atoms with Crippen LogP contribution in [0.4, 0.5) is 0 Å². The van der Waals surface area contributed by atoms with Gasteiger partial charge in [0.15, 0.2) is 0 Å². The number of hydrogen-bond acceptors (Lipinski definition) is 6. The first-order valence-corrected chi connectivity index (χ1v) is 10.6. The number of benzene rings is 2. The number of thioether (sulfide) groups is 1. The van der Waals surface area contributed by atoms with Crippen LogP contribution in [0.25, 0.3) is 11.5 Å². The maximum absolute atomic E-state index is 13.0. The molecule has 3 aromatic rings. The zero-order valence-corrected chi connectivity index (χ0v) is 16.6. The third-order valence-corrected chi connectivity index (χ3v) is 6.62. The number of aromatic nitrogens is 1. The highest BCUT2D eigenvalue weighted by atomic mass is 35.5. The number of halogens is 1. The molecule has 1 aromatic heterocycles. The van der Waals surface area contributed by atoms with Gasteiger partial charge in [-0.15, -0.1) is 0 Å². The lowest BCUT2D eigenvalue weighted by Crippen LogP contribution is -2.13. The Morgan fingerprint density at radius 1 is 1.15 bits per heavy atom. The largest absolute Gasteiger partial charge is 0.428 e. The number of carbonyl (C=O) groups excluding carboxylic acids is 1. The van der Waals surface area contributed by atoms with Crippen LogP contribution in [-0.4, -0.2) is 25.1 Å². The van der Waals surface area contributed by atoms with E-state index in [9.17, 15) is 13.2 Å². The van der Waals surface area contributed by atoms with Gasteiger partial charge < -0.3 is 10.2 Å². The Hall–Kier alpha value is -2.29. The Morgan fingerprint density at radius 2 is 1.78 bits per heavy atom. The third kappa shape index (κ3) is 4.35. The Labute approximate surface area is 165 Å². The van der Waals surface area contributed by atoms with E-state index in [1.165, 1.54) is 24.3 Å². The van der Waals surface area contributed by atoms with E-state index in [4.69, 9.17) is 21.8 Å². The van der Waals surface area contributed by atoms with Crippen LogP contribution in [0.2, 0.25) is 5.02 Å². The second-order valence-corrected chi connectivity index (χ2v) is 8.94. The monoisotopic (exact) mass is 422 g/mol. The van der Waals surface area contributed by atoms with E-state index in [0.717, 1.165) is 17.3 Å². The van der Waals surface area contributed by atoms with Gasteiger partial charge in [-0.2, -0.15) is 4.98 Å². The van der Waals surface area contributed by atoms with Gasteiger partial charge in [-0.3, -0.25) is 4.79 Å². The summed E-state index contributed by atoms with van der Waals surface area (Å²) in [6.45, 7) is 1.93. The smallest absolute Gasteiger partial charge is 0.228 e. The Kier molecular flexibility index (Phi) is 5.59. The summed E-state index contributed by atoms with van der Waals surface area (Å²) in [7, 11) is -3.97. The number of nitrogens with two attached hydrogens (primary N) is 1. The molecular formula is C18H15ClN2O4S2. The van der Waals surface area contributed by atoms with Crippen LogP contribution in [0.1, 0.15) is 5.56 Å². The van der Waals surface area contributed by atoms with Crippen molar-refractivity contribution in [1.82, 2.24) is 4.98 Å². The Balaban J connectivity index is 2.10. The van der Waals surface area contributed by atoms with Crippen LogP contribution < -0.4 is 5.73 Å². The predicted molar refractivity (Wildman–Crippen MR) is 103 cm³/mol. The second-order valence-electron chi connectivity index (χ2n) is 5.69. The SMILES string of the molecule is Cc1ccc(-c2nc(S(=O)(=O)c3ccc(Cl)cc3)c(SCC(N)=O)o2)cc1. The molecule has 0 fully saturated rings. The standard InChI is InChI=1S/C18H15ClN2O4S2/c1-11-2-4-12(5-3-11)16-21-17(18(25-16)26-10-15(20)22)27(23,24)14-8-6-13(19)7-9-14/h2-9H,10H2,1H3,(H2,20,22). The molecule has 2 N–H and O–H groups in total. The van der Waals surface area contributed by atoms with E-state index in [2.05, 4.69) is 4.98 Å². The fourth-order valence-corrected chi connectivity index (χ4v) is 4.63. The molecule has 0 saturated carbocycles. The summed E-state index contributed by atoms with van der Waals surface area (Å²) < 4.78 is 31.7. The molecule has 0 saturated heterocycles. The lowest BCUT2D eigenvalue weighted by molar-refractivity contribution is -0.115. The number of oxazole rings is 1. The lowest BCUT2D eigenvalue weighted by Gasteiger charge is -2.03. The number of primary amides is 1. The summed E-state index contributed by atoms with van der Waals surface area (Å²) in [5.41, 5.74) is 6.84. The van der Waals surface area contributed by atoms with Crippen LogP contribution in [0.15, 0.2) is 68.0 Å². The summed E-state index contributed by atoms with van der Waals surface area (Å²) in [5, 5.41) is 0.170. The fraction of sp³-hybridized carbons (Fsp3) is 0.111. The quantitative estimate of drug-likeness (QED) is 0.607. The van der Waals surface area contributed by atoms with E-state index in [-0.39, 0.29) is 26.7 Å². The number of nitrogens with zero attached hydrogens (tertiary/aromatic N) is 1. The lowest BCUT2D eigenvalue weighted by atomic mass is 10.1. The van der Waals surface area contributed by atoms with Crippen molar-refractivity contribution < 1.29 is 17.6 Å². The van der Waals surface area contributed by atoms with E-state index >= 15 is 0 Å². The zero-order chi connectivity index (χ0) is 19.6. The molecule has 27 heavy (non-hydrogen) atoms. The van der Waals surface area contributed by atoms with Crippen molar-refractivity contribution in [3.8, 4) is 11.5 Å². The zero-order valence-electron chi connectivity index (χ0n) is 14.2. The molecule has 140 valence electrons. The summed E-state index contributed by atoms with van der Waals surface area (Å²) in [6.07, 6.45) is 0. The predicted octanol–water partition coefficient (Wildman–Crippen LogP) is 3.71. The van der Waals surface area contributed by atoms with Crippen molar-refractivity contribution in [2.24, 2.45) is 5.73 Å². The van der Waals surface area contributed by atoms with E-state index in [0.29, 0.717) is 10.6 Å². The Morgan fingerprint density at radius 3 is 2.37 bits per heavy atom. The molecule has 0 spiro atoms. The molecule has 3 rings (SSSR count).